The number of aryl methyl sites for hydroxylation is 1. The zero-order chi connectivity index (χ0) is 19.3. The molecule has 0 spiro atoms. The van der Waals surface area contributed by atoms with Crippen LogP contribution in [0, 0.1) is 6.92 Å². The molecule has 0 aliphatic heterocycles. The van der Waals surface area contributed by atoms with Gasteiger partial charge >= 0.3 is 0 Å². The van der Waals surface area contributed by atoms with Gasteiger partial charge in [-0.3, -0.25) is 4.57 Å². The van der Waals surface area contributed by atoms with Gasteiger partial charge in [0.05, 0.1) is 21.7 Å². The summed E-state index contributed by atoms with van der Waals surface area (Å²) >= 11 is 12.7. The maximum absolute atomic E-state index is 6.54. The van der Waals surface area contributed by atoms with E-state index in [0.29, 0.717) is 21.3 Å². The van der Waals surface area contributed by atoms with Crippen LogP contribution in [-0.4, -0.2) is 19.5 Å². The van der Waals surface area contributed by atoms with Crippen molar-refractivity contribution in [1.82, 2.24) is 19.5 Å². The molecule has 0 fully saturated rings. The summed E-state index contributed by atoms with van der Waals surface area (Å²) in [6, 6.07) is 21.3. The first-order valence-electron chi connectivity index (χ1n) is 8.78. The average Bonchev–Trinajstić information content (AvgIpc) is 3.05. The van der Waals surface area contributed by atoms with Crippen molar-refractivity contribution in [3.8, 4) is 17.1 Å². The molecule has 0 bridgehead atoms. The molecule has 5 aromatic rings. The fourth-order valence-corrected chi connectivity index (χ4v) is 3.74. The highest BCUT2D eigenvalue weighted by Crippen LogP contribution is 2.32. The second kappa shape index (κ2) is 6.59. The van der Waals surface area contributed by atoms with Crippen LogP contribution in [0.25, 0.3) is 39.4 Å². The lowest BCUT2D eigenvalue weighted by Gasteiger charge is -2.11. The molecule has 0 amide bonds. The van der Waals surface area contributed by atoms with Crippen LogP contribution in [0.3, 0.4) is 0 Å². The zero-order valence-corrected chi connectivity index (χ0v) is 16.4. The molecule has 4 nitrogen and oxygen atoms in total. The summed E-state index contributed by atoms with van der Waals surface area (Å²) in [6.45, 7) is 2.05. The zero-order valence-electron chi connectivity index (χ0n) is 14.9. The maximum Gasteiger partial charge on any atom is 0.199 e. The molecule has 0 aliphatic rings. The Bertz CT molecular complexity index is 1340. The number of hydrogen-bond donors (Lipinski definition) is 0. The summed E-state index contributed by atoms with van der Waals surface area (Å²) in [5.41, 5.74) is 5.72. The lowest BCUT2D eigenvalue weighted by atomic mass is 10.1. The lowest BCUT2D eigenvalue weighted by molar-refractivity contribution is 1.08. The molecule has 28 heavy (non-hydrogen) atoms. The van der Waals surface area contributed by atoms with Crippen molar-refractivity contribution in [3.05, 3.63) is 82.3 Å². The molecule has 5 rings (SSSR count). The van der Waals surface area contributed by atoms with Crippen LogP contribution >= 0.6 is 23.2 Å². The van der Waals surface area contributed by atoms with E-state index >= 15 is 0 Å². The summed E-state index contributed by atoms with van der Waals surface area (Å²) < 4.78 is 1.94. The lowest BCUT2D eigenvalue weighted by Crippen LogP contribution is -2.00. The van der Waals surface area contributed by atoms with Crippen LogP contribution in [0.4, 0.5) is 0 Å². The normalized spacial score (nSPS) is 11.4. The van der Waals surface area contributed by atoms with E-state index in [4.69, 9.17) is 38.2 Å². The Kier molecular flexibility index (Phi) is 4.04. The van der Waals surface area contributed by atoms with Crippen LogP contribution in [0.1, 0.15) is 5.56 Å². The molecule has 0 atom stereocenters. The number of fused-ring (bicyclic) bond motifs is 2. The minimum Gasteiger partial charge on any atom is -0.274 e. The maximum atomic E-state index is 6.54. The molecule has 3 aromatic carbocycles. The Hall–Kier alpha value is -2.95. The first-order chi connectivity index (χ1) is 13.6. The summed E-state index contributed by atoms with van der Waals surface area (Å²) in [5.74, 6) is 0.731. The molecule has 6 heteroatoms. The fourth-order valence-electron chi connectivity index (χ4n) is 3.24. The van der Waals surface area contributed by atoms with Gasteiger partial charge in [0.2, 0.25) is 0 Å². The van der Waals surface area contributed by atoms with E-state index in [1.165, 1.54) is 5.56 Å². The predicted molar refractivity (Wildman–Crippen MR) is 114 cm³/mol. The Morgan fingerprint density at radius 3 is 2.21 bits per heavy atom. The quantitative estimate of drug-likeness (QED) is 0.349. The number of para-hydroxylation sites is 2. The van der Waals surface area contributed by atoms with E-state index in [1.54, 1.807) is 6.07 Å². The number of hydrogen-bond acceptors (Lipinski definition) is 3. The molecule has 0 saturated carbocycles. The largest absolute Gasteiger partial charge is 0.274 e. The van der Waals surface area contributed by atoms with E-state index < -0.39 is 0 Å². The van der Waals surface area contributed by atoms with E-state index in [9.17, 15) is 0 Å². The van der Waals surface area contributed by atoms with Crippen LogP contribution in [0.5, 0.6) is 0 Å². The van der Waals surface area contributed by atoms with Crippen LogP contribution in [0.15, 0.2) is 66.7 Å². The third-order valence-corrected chi connectivity index (χ3v) is 5.17. The number of benzene rings is 3. The van der Waals surface area contributed by atoms with E-state index in [0.717, 1.165) is 28.1 Å². The highest BCUT2D eigenvalue weighted by Gasteiger charge is 2.19. The topological polar surface area (TPSA) is 43.6 Å². The third-order valence-electron chi connectivity index (χ3n) is 4.63. The minimum atomic E-state index is 0.523. The monoisotopic (exact) mass is 404 g/mol. The Morgan fingerprint density at radius 1 is 0.786 bits per heavy atom. The minimum absolute atomic E-state index is 0.523. The summed E-state index contributed by atoms with van der Waals surface area (Å²) in [4.78, 5) is 14.3. The third kappa shape index (κ3) is 2.82. The standard InChI is InChI=1S/C22H14Cl2N4/c1-13-6-8-14(9-7-13)21-27-20-22(26-18-5-3-2-4-17(18)25-20)28(21)19-11-10-15(23)12-16(19)24/h2-12H,1H3. The molecule has 2 aromatic heterocycles. The molecular weight excluding hydrogens is 391 g/mol. The molecular formula is C22H14Cl2N4. The second-order valence-electron chi connectivity index (χ2n) is 6.59. The van der Waals surface area contributed by atoms with Gasteiger partial charge in [0, 0.05) is 10.6 Å². The van der Waals surface area contributed by atoms with Gasteiger partial charge in [-0.15, -0.1) is 0 Å². The van der Waals surface area contributed by atoms with Gasteiger partial charge < -0.3 is 0 Å². The number of halogens is 2. The molecule has 2 heterocycles. The van der Waals surface area contributed by atoms with Crippen molar-refractivity contribution in [2.45, 2.75) is 6.92 Å². The van der Waals surface area contributed by atoms with Gasteiger partial charge in [0.25, 0.3) is 0 Å². The molecule has 0 radical (unpaired) electrons. The van der Waals surface area contributed by atoms with Crippen LogP contribution < -0.4 is 0 Å². The molecule has 0 saturated heterocycles. The van der Waals surface area contributed by atoms with Crippen molar-refractivity contribution in [3.63, 3.8) is 0 Å². The number of aromatic nitrogens is 4. The molecule has 0 N–H and O–H groups in total. The Balaban J connectivity index is 1.89. The highest BCUT2D eigenvalue weighted by atomic mass is 35.5. The Labute approximate surface area is 171 Å². The van der Waals surface area contributed by atoms with Crippen molar-refractivity contribution in [1.29, 1.82) is 0 Å². The van der Waals surface area contributed by atoms with Gasteiger partial charge in [-0.25, -0.2) is 15.0 Å². The summed E-state index contributed by atoms with van der Waals surface area (Å²) in [7, 11) is 0. The smallest absolute Gasteiger partial charge is 0.199 e. The van der Waals surface area contributed by atoms with Crippen molar-refractivity contribution >= 4 is 45.5 Å². The van der Waals surface area contributed by atoms with Crippen LogP contribution in [0.2, 0.25) is 10.0 Å². The van der Waals surface area contributed by atoms with Crippen molar-refractivity contribution in [2.75, 3.05) is 0 Å². The highest BCUT2D eigenvalue weighted by molar-refractivity contribution is 6.35. The van der Waals surface area contributed by atoms with Crippen molar-refractivity contribution in [2.24, 2.45) is 0 Å². The predicted octanol–water partition coefficient (Wildman–Crippen LogP) is 6.25. The van der Waals surface area contributed by atoms with Gasteiger partial charge in [-0.05, 0) is 37.3 Å². The molecule has 136 valence electrons. The van der Waals surface area contributed by atoms with Gasteiger partial charge in [0.15, 0.2) is 11.3 Å². The van der Waals surface area contributed by atoms with Crippen molar-refractivity contribution < 1.29 is 0 Å². The van der Waals surface area contributed by atoms with E-state index in [-0.39, 0.29) is 0 Å². The Morgan fingerprint density at radius 2 is 1.50 bits per heavy atom. The number of nitrogens with zero attached hydrogens (tertiary/aromatic N) is 4. The SMILES string of the molecule is Cc1ccc(-c2nc3nc4ccccc4nc3n2-c2ccc(Cl)cc2Cl)cc1. The summed E-state index contributed by atoms with van der Waals surface area (Å²) in [6.07, 6.45) is 0. The average molecular weight is 405 g/mol. The number of imidazole rings is 1. The molecule has 0 aliphatic carbocycles. The van der Waals surface area contributed by atoms with E-state index in [2.05, 4.69) is 19.1 Å². The summed E-state index contributed by atoms with van der Waals surface area (Å²) in [5, 5.41) is 1.10. The van der Waals surface area contributed by atoms with Crippen LogP contribution in [-0.2, 0) is 0 Å². The van der Waals surface area contributed by atoms with Gasteiger partial charge in [-0.1, -0.05) is 65.2 Å². The second-order valence-corrected chi connectivity index (χ2v) is 7.44. The van der Waals surface area contributed by atoms with E-state index in [1.807, 2.05) is 53.1 Å². The van der Waals surface area contributed by atoms with Gasteiger partial charge in [0.1, 0.15) is 5.82 Å². The fraction of sp³-hybridized carbons (Fsp3) is 0.0455. The molecule has 0 unspecified atom stereocenters. The first kappa shape index (κ1) is 17.2. The first-order valence-corrected chi connectivity index (χ1v) is 9.53. The number of rotatable bonds is 2. The van der Waals surface area contributed by atoms with Gasteiger partial charge in [-0.2, -0.15) is 0 Å².